The molecule has 0 radical (unpaired) electrons. The van der Waals surface area contributed by atoms with Crippen molar-refractivity contribution >= 4 is 40.1 Å². The van der Waals surface area contributed by atoms with E-state index in [2.05, 4.69) is 47.4 Å². The molecule has 4 N–H and O–H groups in total. The van der Waals surface area contributed by atoms with Crippen molar-refractivity contribution < 1.29 is 29.1 Å². The number of aromatic hydroxyl groups is 1. The number of hydrogen-bond donors (Lipinski definition) is 4. The van der Waals surface area contributed by atoms with Crippen LogP contribution >= 0.6 is 11.3 Å². The number of amides is 2. The lowest BCUT2D eigenvalue weighted by Gasteiger charge is -2.40. The molecule has 7 aromatic rings. The number of carbonyl (C=O) groups excluding carboxylic acids is 2. The van der Waals surface area contributed by atoms with Gasteiger partial charge in [0.15, 0.2) is 11.4 Å². The van der Waals surface area contributed by atoms with Gasteiger partial charge in [0.05, 0.1) is 40.5 Å². The maximum absolute atomic E-state index is 14.2. The molecule has 8 heterocycles. The van der Waals surface area contributed by atoms with E-state index in [0.29, 0.717) is 53.9 Å². The van der Waals surface area contributed by atoms with Crippen LogP contribution < -0.4 is 15.0 Å². The maximum Gasteiger partial charge on any atom is 0.254 e. The first-order chi connectivity index (χ1) is 35.9. The molecule has 1 saturated carbocycles. The number of benzene rings is 2. The molecule has 18 heteroatoms. The average molecular weight is 1020 g/mol. The number of hydrogen-bond acceptors (Lipinski definition) is 15. The molecule has 74 heavy (non-hydrogen) atoms. The van der Waals surface area contributed by atoms with Crippen LogP contribution in [0.25, 0.3) is 32.7 Å². The zero-order valence-corrected chi connectivity index (χ0v) is 43.3. The van der Waals surface area contributed by atoms with Crippen LogP contribution in [0.2, 0.25) is 0 Å². The monoisotopic (exact) mass is 1020 g/mol. The molecule has 0 bridgehead atoms. The first kappa shape index (κ1) is 49.5. The average Bonchev–Trinajstić information content (AvgIpc) is 4.24. The lowest BCUT2D eigenvalue weighted by Crippen LogP contribution is -2.48. The number of aromatic nitrogens is 7. The van der Waals surface area contributed by atoms with E-state index in [9.17, 15) is 19.8 Å². The molecule has 386 valence electrons. The van der Waals surface area contributed by atoms with Gasteiger partial charge in [-0.2, -0.15) is 0 Å². The number of thiazole rings is 1. The Morgan fingerprint density at radius 1 is 0.959 bits per heavy atom. The number of β-amino-alcohol motifs (C(OH)–C–C–N with tert-alkyl or cyclic N) is 1. The number of fused-ring (bicyclic) bond motifs is 3. The summed E-state index contributed by atoms with van der Waals surface area (Å²) in [5, 5.41) is 38.3. The molecular weight excluding hydrogens is 955 g/mol. The predicted molar refractivity (Wildman–Crippen MR) is 282 cm³/mol. The molecule has 2 amide bonds. The van der Waals surface area contributed by atoms with Crippen LogP contribution in [0.5, 0.6) is 11.6 Å². The van der Waals surface area contributed by atoms with Crippen molar-refractivity contribution in [2.75, 3.05) is 37.7 Å². The van der Waals surface area contributed by atoms with E-state index in [1.165, 1.54) is 16.0 Å². The summed E-state index contributed by atoms with van der Waals surface area (Å²) in [6.07, 6.45) is 10.8. The number of rotatable bonds is 14. The molecule has 3 fully saturated rings. The molecule has 2 aromatic carbocycles. The highest BCUT2D eigenvalue weighted by Crippen LogP contribution is 2.40. The summed E-state index contributed by atoms with van der Waals surface area (Å²) in [5.74, 6) is 1.06. The second kappa shape index (κ2) is 21.2. The third kappa shape index (κ3) is 10.1. The summed E-state index contributed by atoms with van der Waals surface area (Å²) >= 11 is 1.60. The zero-order chi connectivity index (χ0) is 51.0. The van der Waals surface area contributed by atoms with Gasteiger partial charge in [-0.3, -0.25) is 9.59 Å². The Morgan fingerprint density at radius 3 is 2.46 bits per heavy atom. The van der Waals surface area contributed by atoms with E-state index in [1.807, 2.05) is 81.1 Å². The lowest BCUT2D eigenvalue weighted by molar-refractivity contribution is -0.141. The predicted octanol–water partition coefficient (Wildman–Crippen LogP) is 8.50. The minimum Gasteiger partial charge on any atom is -0.507 e. The number of phenolic OH excluding ortho intramolecular Hbond substituents is 1. The van der Waals surface area contributed by atoms with E-state index in [0.717, 1.165) is 109 Å². The summed E-state index contributed by atoms with van der Waals surface area (Å²) in [6.45, 7) is 11.9. The van der Waals surface area contributed by atoms with Crippen molar-refractivity contribution in [2.45, 2.75) is 122 Å². The number of aryl methyl sites for hydroxylation is 1. The second-order valence-electron chi connectivity index (χ2n) is 21.1. The topological polar surface area (TPSA) is 212 Å². The Hall–Kier alpha value is -6.76. The lowest BCUT2D eigenvalue weighted by atomic mass is 9.83. The molecule has 1 unspecified atom stereocenters. The number of ether oxygens (including phenoxy) is 1. The van der Waals surface area contributed by atoms with Gasteiger partial charge in [0.2, 0.25) is 17.8 Å². The Balaban J connectivity index is 0.633. The Labute approximate surface area is 434 Å². The number of anilines is 1. The van der Waals surface area contributed by atoms with Crippen molar-refractivity contribution in [3.63, 3.8) is 0 Å². The first-order valence-electron chi connectivity index (χ1n) is 26.3. The van der Waals surface area contributed by atoms with Crippen LogP contribution in [0, 0.1) is 18.8 Å². The van der Waals surface area contributed by atoms with E-state index < -0.39 is 18.1 Å². The van der Waals surface area contributed by atoms with Crippen LogP contribution in [0.1, 0.15) is 117 Å². The van der Waals surface area contributed by atoms with Crippen LogP contribution in [0.15, 0.2) is 83.1 Å². The third-order valence-electron chi connectivity index (χ3n) is 16.1. The van der Waals surface area contributed by atoms with Gasteiger partial charge in [0, 0.05) is 79.2 Å². The summed E-state index contributed by atoms with van der Waals surface area (Å²) in [7, 11) is 0. The number of aliphatic hydroxyl groups excluding tert-OH is 1. The van der Waals surface area contributed by atoms with Crippen molar-refractivity contribution in [1.82, 2.24) is 50.4 Å². The quantitative estimate of drug-likeness (QED) is 0.0805. The SMILES string of the molecule is Cc1ncsc1-c1ccc(CNC(=O)[C@@H]2C[C@@H](O)CN2C(=O)C(c2cc(OC[C@H]3CC[C@@H](N4CCC(c5cnc(N6CCc7[nH]c8nnc(-c9ccccc9O)cc8c7[C@H]6C)nc5)CC4)CC3)no2)C(C)C)cc1. The van der Waals surface area contributed by atoms with Crippen molar-refractivity contribution in [3.05, 3.63) is 112 Å². The molecule has 3 aliphatic heterocycles. The number of nitrogens with one attached hydrogen (secondary N) is 2. The molecule has 2 saturated heterocycles. The standard InChI is InChI=1S/C56H65N11O6S/c1-32(2)50(55(71)67-29-41(68)23-46(67)54(70)57-26-35-9-13-38(14-10-35)52-33(3)60-31-74-52)48-25-49(64-73-48)72-30-36-11-15-40(16-12-36)65-20-17-37(18-21-65)39-27-58-56(59-28-39)66-22-19-44-51(34(66)4)43-24-45(62-63-53(43)61-44)42-7-5-6-8-47(42)69/h5-10,13-14,24-25,27-28,31-32,34,36-37,40-41,46,50,68-69H,11-12,15-23,26,29-30H2,1-4H3,(H,57,70)(H,61,63)/t34-,36-,40+,41-,46+,50?/m1/s1. The Bertz CT molecular complexity index is 3090. The fraction of sp³-hybridized carbons (Fsp3) is 0.464. The summed E-state index contributed by atoms with van der Waals surface area (Å²) < 4.78 is 12.0. The highest BCUT2D eigenvalue weighted by Gasteiger charge is 2.43. The minimum absolute atomic E-state index is 0.0231. The van der Waals surface area contributed by atoms with E-state index >= 15 is 0 Å². The second-order valence-corrected chi connectivity index (χ2v) is 22.0. The molecule has 5 aromatic heterocycles. The van der Waals surface area contributed by atoms with Crippen LogP contribution in [-0.4, -0.2) is 118 Å². The molecule has 0 spiro atoms. The van der Waals surface area contributed by atoms with Gasteiger partial charge in [0.25, 0.3) is 5.88 Å². The van der Waals surface area contributed by atoms with Crippen LogP contribution in [0.4, 0.5) is 5.95 Å². The smallest absolute Gasteiger partial charge is 0.254 e. The first-order valence-corrected chi connectivity index (χ1v) is 27.2. The van der Waals surface area contributed by atoms with E-state index in [1.54, 1.807) is 29.5 Å². The van der Waals surface area contributed by atoms with Gasteiger partial charge in [-0.1, -0.05) is 50.2 Å². The number of aromatic amines is 1. The molecule has 4 atom stereocenters. The van der Waals surface area contributed by atoms with Gasteiger partial charge in [-0.15, -0.1) is 21.5 Å². The van der Waals surface area contributed by atoms with Crippen LogP contribution in [-0.2, 0) is 22.6 Å². The number of piperidine rings is 1. The molecule has 1 aliphatic carbocycles. The molecule has 4 aliphatic rings. The van der Waals surface area contributed by atoms with Crippen molar-refractivity contribution in [1.29, 1.82) is 0 Å². The van der Waals surface area contributed by atoms with Gasteiger partial charge >= 0.3 is 0 Å². The summed E-state index contributed by atoms with van der Waals surface area (Å²) in [6, 6.07) is 18.7. The normalized spacial score (nSPS) is 22.1. The van der Waals surface area contributed by atoms with Gasteiger partial charge < -0.3 is 44.5 Å². The molecule has 11 rings (SSSR count). The molecule has 17 nitrogen and oxygen atoms in total. The van der Waals surface area contributed by atoms with Gasteiger partial charge in [-0.25, -0.2) is 15.0 Å². The number of aliphatic hydroxyl groups is 1. The van der Waals surface area contributed by atoms with Crippen molar-refractivity contribution in [3.8, 4) is 33.3 Å². The highest BCUT2D eigenvalue weighted by atomic mass is 32.1. The largest absolute Gasteiger partial charge is 0.507 e. The van der Waals surface area contributed by atoms with E-state index in [4.69, 9.17) is 19.2 Å². The summed E-state index contributed by atoms with van der Waals surface area (Å²) in [5.41, 5.74) is 10.4. The van der Waals surface area contributed by atoms with Gasteiger partial charge in [0.1, 0.15) is 17.7 Å². The van der Waals surface area contributed by atoms with Crippen molar-refractivity contribution in [2.24, 2.45) is 11.8 Å². The third-order valence-corrected chi connectivity index (χ3v) is 17.1. The number of nitrogens with zero attached hydrogens (tertiary/aromatic N) is 9. The maximum atomic E-state index is 14.2. The summed E-state index contributed by atoms with van der Waals surface area (Å²) in [4.78, 5) is 53.1. The number of H-pyrrole nitrogens is 1. The number of phenols is 1. The number of carbonyl (C=O) groups is 2. The number of para-hydroxylation sites is 1. The fourth-order valence-electron chi connectivity index (χ4n) is 11.9. The Morgan fingerprint density at radius 2 is 1.73 bits per heavy atom. The number of likely N-dealkylation sites (tertiary alicyclic amines) is 2. The Kier molecular flexibility index (Phi) is 14.2. The van der Waals surface area contributed by atoms with Crippen LogP contribution in [0.3, 0.4) is 0 Å². The van der Waals surface area contributed by atoms with Gasteiger partial charge in [-0.05, 0) is 123 Å². The fourth-order valence-corrected chi connectivity index (χ4v) is 12.8. The molecular formula is C56H65N11O6S. The zero-order valence-electron chi connectivity index (χ0n) is 42.5. The minimum atomic E-state index is -0.807. The highest BCUT2D eigenvalue weighted by molar-refractivity contribution is 7.13. The van der Waals surface area contributed by atoms with E-state index in [-0.39, 0.29) is 42.5 Å².